The van der Waals surface area contributed by atoms with Crippen molar-refractivity contribution in [2.75, 3.05) is 13.4 Å². The number of amides is 1. The first kappa shape index (κ1) is 13.2. The Kier molecular flexibility index (Phi) is 3.50. The van der Waals surface area contributed by atoms with Gasteiger partial charge in [-0.3, -0.25) is 4.79 Å². The highest BCUT2D eigenvalue weighted by Crippen LogP contribution is 2.32. The number of fused-ring (bicyclic) bond motifs is 1. The molecule has 2 aliphatic rings. The molecular formula is C14H17NO5. The van der Waals surface area contributed by atoms with Crippen LogP contribution in [0.15, 0.2) is 18.2 Å². The van der Waals surface area contributed by atoms with Gasteiger partial charge in [-0.1, -0.05) is 0 Å². The van der Waals surface area contributed by atoms with Crippen LogP contribution in [0.2, 0.25) is 0 Å². The topological polar surface area (TPSA) is 88.0 Å². The number of carbonyl (C=O) groups is 1. The predicted octanol–water partition coefficient (Wildman–Crippen LogP) is 0.277. The summed E-state index contributed by atoms with van der Waals surface area (Å²) in [5.74, 6) is 0.840. The summed E-state index contributed by atoms with van der Waals surface area (Å²) in [5.41, 5.74) is 0.496. The average Bonchev–Trinajstić information content (AvgIpc) is 3.03. The minimum atomic E-state index is -0.554. The number of aliphatic hydroxyl groups excluding tert-OH is 2. The first-order valence-electron chi connectivity index (χ1n) is 6.67. The maximum absolute atomic E-state index is 12.2. The number of ether oxygens (including phenoxy) is 2. The number of nitrogens with one attached hydrogen (secondary N) is 1. The SMILES string of the molecule is O=C(N[C@@H]1C[C@@H](CO)[C@H](O)C1)c1ccc2c(c1)OCO2. The van der Waals surface area contributed by atoms with E-state index in [-0.39, 0.29) is 31.3 Å². The molecule has 0 spiro atoms. The lowest BCUT2D eigenvalue weighted by molar-refractivity contribution is 0.0903. The Morgan fingerprint density at radius 1 is 1.30 bits per heavy atom. The molecule has 1 fully saturated rings. The van der Waals surface area contributed by atoms with Crippen LogP contribution in [0, 0.1) is 5.92 Å². The van der Waals surface area contributed by atoms with E-state index in [0.717, 1.165) is 0 Å². The molecule has 6 heteroatoms. The predicted molar refractivity (Wildman–Crippen MR) is 69.6 cm³/mol. The second-order valence-corrected chi connectivity index (χ2v) is 5.22. The van der Waals surface area contributed by atoms with E-state index in [2.05, 4.69) is 5.32 Å². The number of hydrogen-bond acceptors (Lipinski definition) is 5. The lowest BCUT2D eigenvalue weighted by atomic mass is 10.1. The summed E-state index contributed by atoms with van der Waals surface area (Å²) in [5, 5.41) is 21.7. The third-order valence-electron chi connectivity index (χ3n) is 3.86. The fourth-order valence-corrected chi connectivity index (χ4v) is 2.72. The van der Waals surface area contributed by atoms with Crippen LogP contribution in [-0.2, 0) is 0 Å². The van der Waals surface area contributed by atoms with Crippen LogP contribution in [-0.4, -0.2) is 41.7 Å². The maximum atomic E-state index is 12.2. The van der Waals surface area contributed by atoms with Crippen molar-refractivity contribution in [3.63, 3.8) is 0 Å². The Labute approximate surface area is 116 Å². The highest BCUT2D eigenvalue weighted by molar-refractivity contribution is 5.95. The van der Waals surface area contributed by atoms with Gasteiger partial charge in [0.25, 0.3) is 5.91 Å². The first-order chi connectivity index (χ1) is 9.67. The number of hydrogen-bond donors (Lipinski definition) is 3. The highest BCUT2D eigenvalue weighted by Gasteiger charge is 2.33. The van der Waals surface area contributed by atoms with Crippen molar-refractivity contribution in [2.45, 2.75) is 25.0 Å². The van der Waals surface area contributed by atoms with E-state index < -0.39 is 6.10 Å². The van der Waals surface area contributed by atoms with Crippen LogP contribution in [0.1, 0.15) is 23.2 Å². The van der Waals surface area contributed by atoms with Crippen LogP contribution in [0.4, 0.5) is 0 Å². The highest BCUT2D eigenvalue weighted by atomic mass is 16.7. The summed E-state index contributed by atoms with van der Waals surface area (Å²) in [7, 11) is 0. The molecule has 3 N–H and O–H groups in total. The molecule has 0 unspecified atom stereocenters. The standard InChI is InChI=1S/C14H17NO5/c16-6-9-3-10(5-11(9)17)15-14(18)8-1-2-12-13(4-8)20-7-19-12/h1-2,4,9-11,16-17H,3,5-7H2,(H,15,18)/t9-,10+,11+/m0/s1. The first-order valence-corrected chi connectivity index (χ1v) is 6.67. The molecular weight excluding hydrogens is 262 g/mol. The summed E-state index contributed by atoms with van der Waals surface area (Å²) in [6.07, 6.45) is 0.511. The van der Waals surface area contributed by atoms with Gasteiger partial charge >= 0.3 is 0 Å². The van der Waals surface area contributed by atoms with Crippen LogP contribution >= 0.6 is 0 Å². The Hall–Kier alpha value is -1.79. The van der Waals surface area contributed by atoms with Crippen molar-refractivity contribution in [3.05, 3.63) is 23.8 Å². The third-order valence-corrected chi connectivity index (χ3v) is 3.86. The molecule has 0 saturated heterocycles. The number of carbonyl (C=O) groups excluding carboxylic acids is 1. The fraction of sp³-hybridized carbons (Fsp3) is 0.500. The second-order valence-electron chi connectivity index (χ2n) is 5.22. The van der Waals surface area contributed by atoms with Crippen molar-refractivity contribution in [1.82, 2.24) is 5.32 Å². The summed E-state index contributed by atoms with van der Waals surface area (Å²) < 4.78 is 10.4. The normalized spacial score (nSPS) is 27.6. The van der Waals surface area contributed by atoms with Gasteiger partial charge in [-0.15, -0.1) is 0 Å². The van der Waals surface area contributed by atoms with E-state index in [9.17, 15) is 9.90 Å². The van der Waals surface area contributed by atoms with Crippen LogP contribution in [0.3, 0.4) is 0 Å². The summed E-state index contributed by atoms with van der Waals surface area (Å²) in [6, 6.07) is 4.92. The van der Waals surface area contributed by atoms with E-state index in [1.54, 1.807) is 18.2 Å². The van der Waals surface area contributed by atoms with Gasteiger partial charge in [0.2, 0.25) is 6.79 Å². The summed E-state index contributed by atoms with van der Waals surface area (Å²) >= 11 is 0. The molecule has 1 aliphatic heterocycles. The van der Waals surface area contributed by atoms with Gasteiger partial charge < -0.3 is 25.0 Å². The summed E-state index contributed by atoms with van der Waals surface area (Å²) in [4.78, 5) is 12.2. The van der Waals surface area contributed by atoms with Crippen molar-refractivity contribution in [1.29, 1.82) is 0 Å². The molecule has 1 aromatic rings. The van der Waals surface area contributed by atoms with Gasteiger partial charge in [-0.25, -0.2) is 0 Å². The molecule has 0 aromatic heterocycles. The van der Waals surface area contributed by atoms with Crippen molar-refractivity contribution in [2.24, 2.45) is 5.92 Å². The molecule has 1 amide bonds. The molecule has 1 aliphatic carbocycles. The minimum Gasteiger partial charge on any atom is -0.454 e. The van der Waals surface area contributed by atoms with E-state index in [1.165, 1.54) is 0 Å². The molecule has 0 radical (unpaired) electrons. The zero-order chi connectivity index (χ0) is 14.1. The molecule has 1 aromatic carbocycles. The lowest BCUT2D eigenvalue weighted by Gasteiger charge is -2.12. The maximum Gasteiger partial charge on any atom is 0.251 e. The Balaban J connectivity index is 1.65. The van der Waals surface area contributed by atoms with Gasteiger partial charge in [0.05, 0.1) is 6.10 Å². The van der Waals surface area contributed by atoms with Gasteiger partial charge in [0, 0.05) is 24.1 Å². The second kappa shape index (κ2) is 5.30. The van der Waals surface area contributed by atoms with Gasteiger partial charge in [-0.05, 0) is 31.0 Å². The van der Waals surface area contributed by atoms with Crippen molar-refractivity contribution in [3.8, 4) is 11.5 Å². The lowest BCUT2D eigenvalue weighted by Crippen LogP contribution is -2.33. The Morgan fingerprint density at radius 2 is 2.10 bits per heavy atom. The average molecular weight is 279 g/mol. The van der Waals surface area contributed by atoms with Gasteiger partial charge in [0.15, 0.2) is 11.5 Å². The Morgan fingerprint density at radius 3 is 2.85 bits per heavy atom. The van der Waals surface area contributed by atoms with E-state index in [4.69, 9.17) is 14.6 Å². The number of benzene rings is 1. The van der Waals surface area contributed by atoms with E-state index in [1.807, 2.05) is 0 Å². The molecule has 6 nitrogen and oxygen atoms in total. The van der Waals surface area contributed by atoms with Crippen LogP contribution in [0.5, 0.6) is 11.5 Å². The quantitative estimate of drug-likeness (QED) is 0.739. The monoisotopic (exact) mass is 279 g/mol. The van der Waals surface area contributed by atoms with E-state index in [0.29, 0.717) is 29.9 Å². The Bertz CT molecular complexity index is 518. The van der Waals surface area contributed by atoms with E-state index >= 15 is 0 Å². The molecule has 1 saturated carbocycles. The molecule has 3 rings (SSSR count). The van der Waals surface area contributed by atoms with Crippen LogP contribution < -0.4 is 14.8 Å². The largest absolute Gasteiger partial charge is 0.454 e. The molecule has 108 valence electrons. The fourth-order valence-electron chi connectivity index (χ4n) is 2.72. The number of aliphatic hydroxyl groups is 2. The zero-order valence-electron chi connectivity index (χ0n) is 10.9. The third kappa shape index (κ3) is 2.44. The zero-order valence-corrected chi connectivity index (χ0v) is 10.9. The van der Waals surface area contributed by atoms with Crippen LogP contribution in [0.25, 0.3) is 0 Å². The molecule has 20 heavy (non-hydrogen) atoms. The minimum absolute atomic E-state index is 0.0580. The van der Waals surface area contributed by atoms with Gasteiger partial charge in [0.1, 0.15) is 0 Å². The molecule has 3 atom stereocenters. The van der Waals surface area contributed by atoms with Gasteiger partial charge in [-0.2, -0.15) is 0 Å². The molecule has 1 heterocycles. The van der Waals surface area contributed by atoms with Crippen molar-refractivity contribution >= 4 is 5.91 Å². The summed E-state index contributed by atoms with van der Waals surface area (Å²) in [6.45, 7) is 0.116. The molecule has 0 bridgehead atoms. The number of rotatable bonds is 3. The van der Waals surface area contributed by atoms with Crippen molar-refractivity contribution < 1.29 is 24.5 Å². The smallest absolute Gasteiger partial charge is 0.251 e.